The van der Waals surface area contributed by atoms with Gasteiger partial charge in [0.2, 0.25) is 0 Å². The van der Waals surface area contributed by atoms with Crippen molar-refractivity contribution in [3.63, 3.8) is 0 Å². The summed E-state index contributed by atoms with van der Waals surface area (Å²) in [6.45, 7) is 0. The van der Waals surface area contributed by atoms with Crippen LogP contribution in [0.5, 0.6) is 5.75 Å². The zero-order chi connectivity index (χ0) is 16.9. The highest BCUT2D eigenvalue weighted by atomic mass is 35.5. The molecule has 24 heavy (non-hydrogen) atoms. The fourth-order valence-corrected chi connectivity index (χ4v) is 4.00. The molecule has 0 spiro atoms. The number of nitrogens with one attached hydrogen (secondary N) is 2. The first-order valence-electron chi connectivity index (χ1n) is 8.06. The number of rotatable bonds is 3. The predicted octanol–water partition coefficient (Wildman–Crippen LogP) is 5.11. The molecule has 1 aliphatic carbocycles. The fourth-order valence-electron chi connectivity index (χ4n) is 2.79. The van der Waals surface area contributed by atoms with Gasteiger partial charge in [0.1, 0.15) is 5.75 Å². The number of methoxy groups -OCH3 is 1. The zero-order valence-corrected chi connectivity index (χ0v) is 15.1. The number of anilines is 2. The lowest BCUT2D eigenvalue weighted by Gasteiger charge is -2.10. The van der Waals surface area contributed by atoms with E-state index in [0.717, 1.165) is 18.5 Å². The number of thiazole rings is 1. The van der Waals surface area contributed by atoms with E-state index in [1.807, 2.05) is 0 Å². The van der Waals surface area contributed by atoms with Crippen molar-refractivity contribution in [2.45, 2.75) is 38.5 Å². The van der Waals surface area contributed by atoms with E-state index in [0.29, 0.717) is 21.6 Å². The molecular weight excluding hydrogens is 346 g/mol. The fraction of sp³-hybridized carbons (Fsp3) is 0.412. The molecule has 0 saturated carbocycles. The molecule has 0 fully saturated rings. The largest absolute Gasteiger partial charge is 0.495 e. The molecule has 2 N–H and O–H groups in total. The minimum atomic E-state index is -0.350. The van der Waals surface area contributed by atoms with Crippen LogP contribution in [0.2, 0.25) is 5.02 Å². The SMILES string of the molecule is COc1ccc(Cl)cc1NC(=O)Nc1nc2c(s1)CCCCCC2. The van der Waals surface area contributed by atoms with Crippen LogP contribution in [0.1, 0.15) is 36.3 Å². The standard InChI is InChI=1S/C17H20ClN3O2S/c1-23-14-9-8-11(18)10-13(14)19-16(22)21-17-20-12-6-4-2-3-5-7-15(12)24-17/h8-10H,2-7H2,1H3,(H2,19,20,21,22). The maximum absolute atomic E-state index is 12.3. The smallest absolute Gasteiger partial charge is 0.325 e. The summed E-state index contributed by atoms with van der Waals surface area (Å²) in [6.07, 6.45) is 6.95. The lowest BCUT2D eigenvalue weighted by molar-refractivity contribution is 0.262. The summed E-state index contributed by atoms with van der Waals surface area (Å²) in [4.78, 5) is 18.1. The third kappa shape index (κ3) is 4.19. The summed E-state index contributed by atoms with van der Waals surface area (Å²) in [5.41, 5.74) is 1.66. The maximum atomic E-state index is 12.3. The number of fused-ring (bicyclic) bond motifs is 1. The number of carbonyl (C=O) groups is 1. The van der Waals surface area contributed by atoms with E-state index < -0.39 is 0 Å². The Morgan fingerprint density at radius 3 is 2.79 bits per heavy atom. The summed E-state index contributed by atoms with van der Waals surface area (Å²) in [6, 6.07) is 4.73. The van der Waals surface area contributed by atoms with E-state index >= 15 is 0 Å². The van der Waals surface area contributed by atoms with Gasteiger partial charge >= 0.3 is 6.03 Å². The first-order valence-corrected chi connectivity index (χ1v) is 9.25. The predicted molar refractivity (Wildman–Crippen MR) is 98.6 cm³/mol. The van der Waals surface area contributed by atoms with Gasteiger partial charge in [-0.3, -0.25) is 5.32 Å². The number of ether oxygens (including phenoxy) is 1. The molecule has 1 heterocycles. The number of benzene rings is 1. The van der Waals surface area contributed by atoms with Gasteiger partial charge in [-0.1, -0.05) is 24.4 Å². The number of carbonyl (C=O) groups excluding carboxylic acids is 1. The second kappa shape index (κ2) is 7.85. The molecule has 1 aliphatic rings. The molecule has 0 unspecified atom stereocenters. The molecule has 0 saturated heterocycles. The molecule has 3 rings (SSSR count). The number of aromatic nitrogens is 1. The number of halogens is 1. The molecule has 128 valence electrons. The van der Waals surface area contributed by atoms with E-state index in [1.54, 1.807) is 36.6 Å². The molecule has 7 heteroatoms. The number of nitrogens with zero attached hydrogens (tertiary/aromatic N) is 1. The molecule has 5 nitrogen and oxygen atoms in total. The Morgan fingerprint density at radius 1 is 1.21 bits per heavy atom. The molecule has 1 aromatic heterocycles. The lowest BCUT2D eigenvalue weighted by atomic mass is 10.0. The van der Waals surface area contributed by atoms with Crippen LogP contribution in [0.3, 0.4) is 0 Å². The Hall–Kier alpha value is -1.79. The van der Waals surface area contributed by atoms with Crippen LogP contribution in [-0.2, 0) is 12.8 Å². The van der Waals surface area contributed by atoms with Gasteiger partial charge in [-0.2, -0.15) is 0 Å². The quantitative estimate of drug-likeness (QED) is 0.794. The van der Waals surface area contributed by atoms with Crippen molar-refractivity contribution < 1.29 is 9.53 Å². The Morgan fingerprint density at radius 2 is 2.00 bits per heavy atom. The van der Waals surface area contributed by atoms with E-state index in [-0.39, 0.29) is 6.03 Å². The summed E-state index contributed by atoms with van der Waals surface area (Å²) >= 11 is 7.55. The molecule has 1 aromatic carbocycles. The molecule has 0 atom stereocenters. The number of aryl methyl sites for hydroxylation is 2. The van der Waals surface area contributed by atoms with Gasteiger partial charge in [0.05, 0.1) is 18.5 Å². The summed E-state index contributed by atoms with van der Waals surface area (Å²) in [5, 5.41) is 6.75. The Kier molecular flexibility index (Phi) is 5.58. The normalized spacial score (nSPS) is 14.2. The highest BCUT2D eigenvalue weighted by molar-refractivity contribution is 7.15. The second-order valence-corrected chi connectivity index (χ2v) is 7.25. The van der Waals surface area contributed by atoms with Crippen LogP contribution in [-0.4, -0.2) is 18.1 Å². The summed E-state index contributed by atoms with van der Waals surface area (Å²) in [7, 11) is 1.55. The molecule has 0 bridgehead atoms. The third-order valence-electron chi connectivity index (χ3n) is 3.98. The second-order valence-electron chi connectivity index (χ2n) is 5.73. The Labute approximate surface area is 150 Å². The van der Waals surface area contributed by atoms with Gasteiger partial charge in [-0.05, 0) is 43.9 Å². The van der Waals surface area contributed by atoms with Crippen LogP contribution in [0.4, 0.5) is 15.6 Å². The van der Waals surface area contributed by atoms with Crippen molar-refractivity contribution in [3.8, 4) is 5.75 Å². The van der Waals surface area contributed by atoms with E-state index in [1.165, 1.54) is 30.6 Å². The van der Waals surface area contributed by atoms with Gasteiger partial charge in [0, 0.05) is 9.90 Å². The first-order chi connectivity index (χ1) is 11.7. The first kappa shape index (κ1) is 17.0. The summed E-state index contributed by atoms with van der Waals surface area (Å²) in [5.74, 6) is 0.556. The van der Waals surface area contributed by atoms with Crippen LogP contribution >= 0.6 is 22.9 Å². The van der Waals surface area contributed by atoms with Crippen molar-refractivity contribution in [1.82, 2.24) is 4.98 Å². The van der Waals surface area contributed by atoms with Crippen molar-refractivity contribution in [2.75, 3.05) is 17.7 Å². The van der Waals surface area contributed by atoms with Crippen LogP contribution in [0, 0.1) is 0 Å². The van der Waals surface area contributed by atoms with Crippen molar-refractivity contribution in [1.29, 1.82) is 0 Å². The highest BCUT2D eigenvalue weighted by Crippen LogP contribution is 2.30. The molecular formula is C17H20ClN3O2S. The average Bonchev–Trinajstić information content (AvgIpc) is 2.88. The van der Waals surface area contributed by atoms with Crippen molar-refractivity contribution in [2.24, 2.45) is 0 Å². The van der Waals surface area contributed by atoms with E-state index in [4.69, 9.17) is 16.3 Å². The zero-order valence-electron chi connectivity index (χ0n) is 13.5. The maximum Gasteiger partial charge on any atom is 0.325 e. The van der Waals surface area contributed by atoms with Crippen molar-refractivity contribution in [3.05, 3.63) is 33.8 Å². The Balaban J connectivity index is 1.69. The average molecular weight is 366 g/mol. The van der Waals surface area contributed by atoms with Gasteiger partial charge in [0.15, 0.2) is 5.13 Å². The number of amides is 2. The minimum absolute atomic E-state index is 0.350. The highest BCUT2D eigenvalue weighted by Gasteiger charge is 2.15. The van der Waals surface area contributed by atoms with Crippen LogP contribution in [0.25, 0.3) is 0 Å². The van der Waals surface area contributed by atoms with Gasteiger partial charge in [0.25, 0.3) is 0 Å². The third-order valence-corrected chi connectivity index (χ3v) is 5.28. The number of hydrogen-bond acceptors (Lipinski definition) is 4. The van der Waals surface area contributed by atoms with Gasteiger partial charge in [-0.25, -0.2) is 9.78 Å². The summed E-state index contributed by atoms with van der Waals surface area (Å²) < 4.78 is 5.23. The number of urea groups is 1. The molecule has 0 aliphatic heterocycles. The molecule has 2 aromatic rings. The lowest BCUT2D eigenvalue weighted by Crippen LogP contribution is -2.19. The van der Waals surface area contributed by atoms with Crippen LogP contribution in [0.15, 0.2) is 18.2 Å². The Bertz CT molecular complexity index is 707. The monoisotopic (exact) mass is 365 g/mol. The number of hydrogen-bond donors (Lipinski definition) is 2. The topological polar surface area (TPSA) is 63.2 Å². The minimum Gasteiger partial charge on any atom is -0.495 e. The van der Waals surface area contributed by atoms with E-state index in [2.05, 4.69) is 15.6 Å². The van der Waals surface area contributed by atoms with Gasteiger partial charge < -0.3 is 10.1 Å². The van der Waals surface area contributed by atoms with E-state index in [9.17, 15) is 4.79 Å². The van der Waals surface area contributed by atoms with Gasteiger partial charge in [-0.15, -0.1) is 11.3 Å². The molecule has 2 amide bonds. The van der Waals surface area contributed by atoms with Crippen molar-refractivity contribution >= 4 is 39.8 Å². The van der Waals surface area contributed by atoms with Crippen LogP contribution < -0.4 is 15.4 Å². The molecule has 0 radical (unpaired) electrons.